The molecule has 0 saturated heterocycles. The van der Waals surface area contributed by atoms with Crippen molar-refractivity contribution in [3.05, 3.63) is 23.8 Å². The van der Waals surface area contributed by atoms with Crippen molar-refractivity contribution in [2.75, 3.05) is 0 Å². The maximum absolute atomic E-state index is 9.49. The van der Waals surface area contributed by atoms with Crippen molar-refractivity contribution in [3.63, 3.8) is 0 Å². The van der Waals surface area contributed by atoms with E-state index in [0.29, 0.717) is 5.92 Å². The van der Waals surface area contributed by atoms with E-state index in [1.807, 2.05) is 13.8 Å². The highest BCUT2D eigenvalue weighted by Gasteiger charge is 2.19. The van der Waals surface area contributed by atoms with Crippen molar-refractivity contribution < 1.29 is 5.11 Å². The molecule has 1 aliphatic carbocycles. The Morgan fingerprint density at radius 1 is 1.73 bits per heavy atom. The van der Waals surface area contributed by atoms with Crippen molar-refractivity contribution in [3.8, 4) is 0 Å². The summed E-state index contributed by atoms with van der Waals surface area (Å²) >= 11 is 0. The van der Waals surface area contributed by atoms with E-state index >= 15 is 0 Å². The molecule has 0 bridgehead atoms. The Bertz CT molecular complexity index is 191. The molecule has 2 atom stereocenters. The second kappa shape index (κ2) is 3.22. The van der Waals surface area contributed by atoms with Crippen LogP contribution in [0, 0.1) is 5.92 Å². The predicted octanol–water partition coefficient (Wildman–Crippen LogP) is 2.28. The maximum Gasteiger partial charge on any atom is 0.0753 e. The molecular formula is C10H16O. The van der Waals surface area contributed by atoms with E-state index in [4.69, 9.17) is 0 Å². The van der Waals surface area contributed by atoms with Gasteiger partial charge in [-0.15, -0.1) is 0 Å². The Hall–Kier alpha value is -0.560. The summed E-state index contributed by atoms with van der Waals surface area (Å²) in [7, 11) is 0. The fraction of sp³-hybridized carbons (Fsp3) is 0.600. The lowest BCUT2D eigenvalue weighted by Gasteiger charge is -2.24. The Labute approximate surface area is 68.4 Å². The molecule has 1 rings (SSSR count). The quantitative estimate of drug-likeness (QED) is 0.571. The lowest BCUT2D eigenvalue weighted by Crippen LogP contribution is -2.19. The molecule has 1 N–H and O–H groups in total. The van der Waals surface area contributed by atoms with Gasteiger partial charge in [0, 0.05) is 0 Å². The van der Waals surface area contributed by atoms with Crippen molar-refractivity contribution in [1.29, 1.82) is 0 Å². The fourth-order valence-corrected chi connectivity index (χ4v) is 1.42. The van der Waals surface area contributed by atoms with Crippen LogP contribution < -0.4 is 0 Å². The lowest BCUT2D eigenvalue weighted by atomic mass is 9.84. The summed E-state index contributed by atoms with van der Waals surface area (Å²) in [6, 6.07) is 0. The van der Waals surface area contributed by atoms with Gasteiger partial charge in [0.1, 0.15) is 0 Å². The van der Waals surface area contributed by atoms with Crippen LogP contribution >= 0.6 is 0 Å². The molecule has 11 heavy (non-hydrogen) atoms. The van der Waals surface area contributed by atoms with Crippen LogP contribution in [-0.4, -0.2) is 11.2 Å². The highest BCUT2D eigenvalue weighted by atomic mass is 16.3. The topological polar surface area (TPSA) is 20.2 Å². The molecule has 0 amide bonds. The van der Waals surface area contributed by atoms with Crippen molar-refractivity contribution >= 4 is 0 Å². The van der Waals surface area contributed by atoms with Gasteiger partial charge >= 0.3 is 0 Å². The zero-order chi connectivity index (χ0) is 8.43. The molecule has 1 aliphatic rings. The summed E-state index contributed by atoms with van der Waals surface area (Å²) in [6.07, 6.45) is 3.80. The SMILES string of the molecule is C=C(C)[C@@H]1CC=C(C)[C@H](O)C1. The van der Waals surface area contributed by atoms with E-state index in [2.05, 4.69) is 12.7 Å². The van der Waals surface area contributed by atoms with Crippen LogP contribution in [0.4, 0.5) is 0 Å². The van der Waals surface area contributed by atoms with Crippen LogP contribution in [0.3, 0.4) is 0 Å². The molecule has 0 spiro atoms. The summed E-state index contributed by atoms with van der Waals surface area (Å²) < 4.78 is 0. The summed E-state index contributed by atoms with van der Waals surface area (Å²) in [4.78, 5) is 0. The zero-order valence-corrected chi connectivity index (χ0v) is 7.30. The molecule has 0 aromatic rings. The molecule has 0 unspecified atom stereocenters. The molecule has 0 saturated carbocycles. The van der Waals surface area contributed by atoms with Gasteiger partial charge in [-0.25, -0.2) is 0 Å². The number of aliphatic hydroxyl groups is 1. The highest BCUT2D eigenvalue weighted by Crippen LogP contribution is 2.27. The molecule has 0 heterocycles. The molecule has 0 radical (unpaired) electrons. The minimum Gasteiger partial charge on any atom is -0.389 e. The Morgan fingerprint density at radius 3 is 2.82 bits per heavy atom. The fourth-order valence-electron chi connectivity index (χ4n) is 1.42. The number of aliphatic hydroxyl groups excluding tert-OH is 1. The van der Waals surface area contributed by atoms with E-state index in [9.17, 15) is 5.11 Å². The van der Waals surface area contributed by atoms with E-state index in [0.717, 1.165) is 18.4 Å². The molecule has 1 nitrogen and oxygen atoms in total. The van der Waals surface area contributed by atoms with E-state index < -0.39 is 0 Å². The normalized spacial score (nSPS) is 31.4. The molecule has 1 heteroatoms. The van der Waals surface area contributed by atoms with Crippen LogP contribution in [0.2, 0.25) is 0 Å². The van der Waals surface area contributed by atoms with Gasteiger partial charge in [-0.3, -0.25) is 0 Å². The van der Waals surface area contributed by atoms with Gasteiger partial charge in [-0.2, -0.15) is 0 Å². The minimum atomic E-state index is -0.231. The van der Waals surface area contributed by atoms with Gasteiger partial charge < -0.3 is 5.11 Å². The second-order valence-electron chi connectivity index (χ2n) is 3.48. The Balaban J connectivity index is 2.62. The van der Waals surface area contributed by atoms with Gasteiger partial charge in [0.15, 0.2) is 0 Å². The third kappa shape index (κ3) is 1.93. The smallest absolute Gasteiger partial charge is 0.0753 e. The number of hydrogen-bond donors (Lipinski definition) is 1. The first-order valence-corrected chi connectivity index (χ1v) is 4.11. The van der Waals surface area contributed by atoms with Gasteiger partial charge in [0.2, 0.25) is 0 Å². The monoisotopic (exact) mass is 152 g/mol. The summed E-state index contributed by atoms with van der Waals surface area (Å²) in [6.45, 7) is 7.92. The third-order valence-corrected chi connectivity index (χ3v) is 2.45. The maximum atomic E-state index is 9.49. The Kier molecular flexibility index (Phi) is 2.50. The van der Waals surface area contributed by atoms with Gasteiger partial charge in [-0.1, -0.05) is 18.2 Å². The second-order valence-corrected chi connectivity index (χ2v) is 3.48. The Morgan fingerprint density at radius 2 is 2.36 bits per heavy atom. The van der Waals surface area contributed by atoms with Crippen LogP contribution in [0.25, 0.3) is 0 Å². The zero-order valence-electron chi connectivity index (χ0n) is 7.30. The first kappa shape index (κ1) is 8.54. The molecule has 62 valence electrons. The van der Waals surface area contributed by atoms with Crippen LogP contribution in [0.15, 0.2) is 23.8 Å². The van der Waals surface area contributed by atoms with E-state index in [1.165, 1.54) is 5.57 Å². The first-order valence-electron chi connectivity index (χ1n) is 4.11. The molecule has 0 aliphatic heterocycles. The summed E-state index contributed by atoms with van der Waals surface area (Å²) in [5, 5.41) is 9.49. The van der Waals surface area contributed by atoms with Gasteiger partial charge in [0.05, 0.1) is 6.10 Å². The largest absolute Gasteiger partial charge is 0.389 e. The number of allylic oxidation sites excluding steroid dienone is 2. The first-order chi connectivity index (χ1) is 5.11. The van der Waals surface area contributed by atoms with E-state index in [-0.39, 0.29) is 6.10 Å². The van der Waals surface area contributed by atoms with Crippen LogP contribution in [0.5, 0.6) is 0 Å². The lowest BCUT2D eigenvalue weighted by molar-refractivity contribution is 0.174. The molecular weight excluding hydrogens is 136 g/mol. The van der Waals surface area contributed by atoms with E-state index in [1.54, 1.807) is 0 Å². The number of hydrogen-bond acceptors (Lipinski definition) is 1. The van der Waals surface area contributed by atoms with Crippen molar-refractivity contribution in [1.82, 2.24) is 0 Å². The summed E-state index contributed by atoms with van der Waals surface area (Å²) in [5.41, 5.74) is 2.30. The third-order valence-electron chi connectivity index (χ3n) is 2.45. The number of rotatable bonds is 1. The summed E-state index contributed by atoms with van der Waals surface area (Å²) in [5.74, 6) is 0.494. The van der Waals surface area contributed by atoms with Crippen molar-refractivity contribution in [2.45, 2.75) is 32.8 Å². The molecule has 0 aromatic heterocycles. The average Bonchev–Trinajstić information content (AvgIpc) is 1.94. The minimum absolute atomic E-state index is 0.231. The van der Waals surface area contributed by atoms with Crippen LogP contribution in [-0.2, 0) is 0 Å². The average molecular weight is 152 g/mol. The molecule has 0 fully saturated rings. The van der Waals surface area contributed by atoms with Crippen LogP contribution in [0.1, 0.15) is 26.7 Å². The standard InChI is InChI=1S/C10H16O/c1-7(2)9-5-4-8(3)10(11)6-9/h4,9-11H,1,5-6H2,2-3H3/t9-,10-/m1/s1. The highest BCUT2D eigenvalue weighted by molar-refractivity contribution is 5.14. The van der Waals surface area contributed by atoms with Crippen molar-refractivity contribution in [2.24, 2.45) is 5.92 Å². The van der Waals surface area contributed by atoms with Gasteiger partial charge in [0.25, 0.3) is 0 Å². The predicted molar refractivity (Wildman–Crippen MR) is 47.3 cm³/mol. The molecule has 0 aromatic carbocycles. The van der Waals surface area contributed by atoms with Gasteiger partial charge in [-0.05, 0) is 38.2 Å².